The molecule has 0 aliphatic heterocycles. The Hall–Kier alpha value is -1.86. The first-order valence-electron chi connectivity index (χ1n) is 4.12. The van der Waals surface area contributed by atoms with E-state index in [1.165, 1.54) is 6.20 Å². The number of ketones is 1. The van der Waals surface area contributed by atoms with Gasteiger partial charge in [-0.1, -0.05) is 5.92 Å². The summed E-state index contributed by atoms with van der Waals surface area (Å²) in [7, 11) is 0. The lowest BCUT2D eigenvalue weighted by atomic mass is 10.1. The summed E-state index contributed by atoms with van der Waals surface area (Å²) in [5.41, 5.74) is 6.46. The monoisotopic (exact) mass is 189 g/mol. The molecular weight excluding hydrogens is 178 g/mol. The number of carbonyl (C=O) groups is 1. The Morgan fingerprint density at radius 1 is 1.71 bits per heavy atom. The minimum atomic E-state index is -0.106. The zero-order valence-corrected chi connectivity index (χ0v) is 7.66. The van der Waals surface area contributed by atoms with Gasteiger partial charge in [0.2, 0.25) is 0 Å². The molecule has 3 N–H and O–H groups in total. The molecule has 0 saturated heterocycles. The first-order chi connectivity index (χ1) is 6.75. The van der Waals surface area contributed by atoms with Crippen LogP contribution in [0.4, 0.5) is 5.69 Å². The first-order valence-corrected chi connectivity index (χ1v) is 4.12. The molecule has 0 spiro atoms. The lowest BCUT2D eigenvalue weighted by molar-refractivity contribution is 0.0993. The number of nitrogens with one attached hydrogen (secondary N) is 1. The van der Waals surface area contributed by atoms with Gasteiger partial charge in [-0.25, -0.2) is 0 Å². The zero-order chi connectivity index (χ0) is 10.4. The van der Waals surface area contributed by atoms with Crippen molar-refractivity contribution in [3.8, 4) is 12.3 Å². The smallest absolute Gasteiger partial charge is 0.180 e. The molecule has 0 aliphatic rings. The molecule has 0 radical (unpaired) electrons. The predicted molar refractivity (Wildman–Crippen MR) is 54.7 cm³/mol. The Kier molecular flexibility index (Phi) is 3.65. The van der Waals surface area contributed by atoms with E-state index in [4.69, 9.17) is 12.2 Å². The molecule has 4 nitrogen and oxygen atoms in total. The van der Waals surface area contributed by atoms with Crippen molar-refractivity contribution in [3.05, 3.63) is 24.0 Å². The van der Waals surface area contributed by atoms with E-state index in [-0.39, 0.29) is 12.3 Å². The lowest BCUT2D eigenvalue weighted by Crippen LogP contribution is -2.23. The molecule has 0 aromatic carbocycles. The molecule has 0 aliphatic carbocycles. The van der Waals surface area contributed by atoms with Crippen LogP contribution in [-0.2, 0) is 0 Å². The molecule has 4 heteroatoms. The third-order valence-electron chi connectivity index (χ3n) is 1.67. The third kappa shape index (κ3) is 2.57. The molecule has 1 aromatic heterocycles. The summed E-state index contributed by atoms with van der Waals surface area (Å²) in [6.07, 6.45) is 8.02. The quantitative estimate of drug-likeness (QED) is 0.399. The number of Topliss-reactive ketones (excluding diaryl/α,β-unsaturated/α-hetero) is 1. The number of pyridine rings is 1. The van der Waals surface area contributed by atoms with Crippen molar-refractivity contribution in [2.24, 2.45) is 0 Å². The molecule has 14 heavy (non-hydrogen) atoms. The van der Waals surface area contributed by atoms with Crippen molar-refractivity contribution in [2.75, 3.05) is 18.8 Å². The van der Waals surface area contributed by atoms with E-state index < -0.39 is 0 Å². The van der Waals surface area contributed by atoms with Crippen molar-refractivity contribution in [2.45, 2.75) is 0 Å². The molecule has 0 saturated carbocycles. The van der Waals surface area contributed by atoms with E-state index in [2.05, 4.69) is 16.2 Å². The minimum Gasteiger partial charge on any atom is -0.398 e. The first kappa shape index (κ1) is 10.2. The van der Waals surface area contributed by atoms with E-state index in [1.54, 1.807) is 12.3 Å². The Bertz CT molecular complexity index is 368. The maximum atomic E-state index is 11.5. The molecule has 72 valence electrons. The highest BCUT2D eigenvalue weighted by molar-refractivity contribution is 6.01. The highest BCUT2D eigenvalue weighted by atomic mass is 16.1. The summed E-state index contributed by atoms with van der Waals surface area (Å²) >= 11 is 0. The number of nitrogen functional groups attached to an aromatic ring is 1. The van der Waals surface area contributed by atoms with Crippen molar-refractivity contribution in [1.82, 2.24) is 10.3 Å². The second-order valence-electron chi connectivity index (χ2n) is 2.69. The van der Waals surface area contributed by atoms with Crippen LogP contribution in [0.5, 0.6) is 0 Å². The van der Waals surface area contributed by atoms with E-state index in [9.17, 15) is 4.79 Å². The number of terminal acetylenes is 1. The Labute approximate surface area is 82.5 Å². The molecule has 1 aromatic rings. The number of hydrogen-bond donors (Lipinski definition) is 2. The van der Waals surface area contributed by atoms with E-state index in [0.29, 0.717) is 17.8 Å². The van der Waals surface area contributed by atoms with Crippen LogP contribution < -0.4 is 11.1 Å². The number of nitrogens with zero attached hydrogens (tertiary/aromatic N) is 1. The van der Waals surface area contributed by atoms with Gasteiger partial charge in [0.1, 0.15) is 0 Å². The summed E-state index contributed by atoms with van der Waals surface area (Å²) in [5.74, 6) is 2.27. The highest BCUT2D eigenvalue weighted by Crippen LogP contribution is 2.08. The number of anilines is 1. The third-order valence-corrected chi connectivity index (χ3v) is 1.67. The topological polar surface area (TPSA) is 68.0 Å². The van der Waals surface area contributed by atoms with Crippen molar-refractivity contribution >= 4 is 11.5 Å². The van der Waals surface area contributed by atoms with Crippen LogP contribution >= 0.6 is 0 Å². The average Bonchev–Trinajstić information content (AvgIpc) is 2.18. The van der Waals surface area contributed by atoms with Gasteiger partial charge in [0.25, 0.3) is 0 Å². The number of hydrogen-bond acceptors (Lipinski definition) is 4. The predicted octanol–water partition coefficient (Wildman–Crippen LogP) is 0.0693. The minimum absolute atomic E-state index is 0.106. The normalized spacial score (nSPS) is 9.36. The molecule has 0 amide bonds. The highest BCUT2D eigenvalue weighted by Gasteiger charge is 2.08. The molecular formula is C10H11N3O. The maximum absolute atomic E-state index is 11.5. The maximum Gasteiger partial charge on any atom is 0.180 e. The van der Waals surface area contributed by atoms with Crippen LogP contribution in [0.1, 0.15) is 10.4 Å². The van der Waals surface area contributed by atoms with E-state index in [1.807, 2.05) is 0 Å². The molecule has 0 bridgehead atoms. The van der Waals surface area contributed by atoms with Gasteiger partial charge in [0, 0.05) is 18.1 Å². The van der Waals surface area contributed by atoms with E-state index >= 15 is 0 Å². The van der Waals surface area contributed by atoms with Crippen molar-refractivity contribution in [3.63, 3.8) is 0 Å². The summed E-state index contributed by atoms with van der Waals surface area (Å²) in [6.45, 7) is 0.548. The van der Waals surface area contributed by atoms with Crippen LogP contribution in [0.25, 0.3) is 0 Å². The fourth-order valence-corrected chi connectivity index (χ4v) is 0.982. The van der Waals surface area contributed by atoms with Gasteiger partial charge >= 0.3 is 0 Å². The lowest BCUT2D eigenvalue weighted by Gasteiger charge is -2.03. The van der Waals surface area contributed by atoms with Gasteiger partial charge in [-0.3, -0.25) is 15.1 Å². The Balaban J connectivity index is 2.62. The second kappa shape index (κ2) is 5.00. The van der Waals surface area contributed by atoms with Gasteiger partial charge in [-0.05, 0) is 6.07 Å². The van der Waals surface area contributed by atoms with Gasteiger partial charge < -0.3 is 5.73 Å². The van der Waals surface area contributed by atoms with Crippen molar-refractivity contribution in [1.29, 1.82) is 0 Å². The molecule has 0 fully saturated rings. The molecule has 1 heterocycles. The molecule has 0 atom stereocenters. The summed E-state index contributed by atoms with van der Waals surface area (Å²) in [5, 5.41) is 2.79. The fourth-order valence-electron chi connectivity index (χ4n) is 0.982. The zero-order valence-electron chi connectivity index (χ0n) is 7.66. The Morgan fingerprint density at radius 3 is 3.14 bits per heavy atom. The summed E-state index contributed by atoms with van der Waals surface area (Å²) < 4.78 is 0. The number of carbonyl (C=O) groups excluding carboxylic acids is 1. The average molecular weight is 189 g/mol. The Morgan fingerprint density at radius 2 is 2.50 bits per heavy atom. The van der Waals surface area contributed by atoms with Crippen LogP contribution in [0.2, 0.25) is 0 Å². The van der Waals surface area contributed by atoms with Crippen LogP contribution in [-0.4, -0.2) is 23.9 Å². The number of rotatable bonds is 4. The van der Waals surface area contributed by atoms with Crippen LogP contribution in [0.3, 0.4) is 0 Å². The molecule has 0 unspecified atom stereocenters. The molecule has 1 rings (SSSR count). The SMILES string of the molecule is C#CCNCC(=O)c1cnccc1N. The number of nitrogens with two attached hydrogens (primary N) is 1. The van der Waals surface area contributed by atoms with Crippen LogP contribution in [0, 0.1) is 12.3 Å². The second-order valence-corrected chi connectivity index (χ2v) is 2.69. The summed E-state index contributed by atoms with van der Waals surface area (Å²) in [6, 6.07) is 1.59. The summed E-state index contributed by atoms with van der Waals surface area (Å²) in [4.78, 5) is 15.3. The van der Waals surface area contributed by atoms with Gasteiger partial charge in [0.05, 0.1) is 18.7 Å². The number of aromatic nitrogens is 1. The van der Waals surface area contributed by atoms with Gasteiger partial charge in [-0.2, -0.15) is 0 Å². The van der Waals surface area contributed by atoms with Gasteiger partial charge in [0.15, 0.2) is 5.78 Å². The van der Waals surface area contributed by atoms with Gasteiger partial charge in [-0.15, -0.1) is 6.42 Å². The van der Waals surface area contributed by atoms with Crippen LogP contribution in [0.15, 0.2) is 18.5 Å². The standard InChI is InChI=1S/C10H11N3O/c1-2-4-12-7-10(14)8-6-13-5-3-9(8)11/h1,3,5-6,12H,4,7H2,(H2,11,13). The van der Waals surface area contributed by atoms with E-state index in [0.717, 1.165) is 0 Å². The largest absolute Gasteiger partial charge is 0.398 e. The van der Waals surface area contributed by atoms with Crippen molar-refractivity contribution < 1.29 is 4.79 Å². The fraction of sp³-hybridized carbons (Fsp3) is 0.200.